The number of ketones is 1. The van der Waals surface area contributed by atoms with Crippen LogP contribution in [-0.2, 0) is 4.79 Å². The first kappa shape index (κ1) is 10.3. The quantitative estimate of drug-likeness (QED) is 0.739. The average Bonchev–Trinajstić information content (AvgIpc) is 2.65. The molecule has 0 radical (unpaired) electrons. The third-order valence-corrected chi connectivity index (χ3v) is 3.05. The van der Waals surface area contributed by atoms with Crippen LogP contribution < -0.4 is 0 Å². The van der Waals surface area contributed by atoms with Crippen molar-refractivity contribution in [2.75, 3.05) is 0 Å². The predicted octanol–water partition coefficient (Wildman–Crippen LogP) is 3.04. The lowest BCUT2D eigenvalue weighted by Gasteiger charge is -2.11. The number of carbonyl (C=O) groups excluding carboxylic acids is 1. The Morgan fingerprint density at radius 2 is 2.20 bits per heavy atom. The van der Waals surface area contributed by atoms with Gasteiger partial charge in [-0.1, -0.05) is 19.9 Å². The molecule has 1 heterocycles. The average molecular weight is 203 g/mol. The van der Waals surface area contributed by atoms with Gasteiger partial charge in [0.05, 0.1) is 0 Å². The molecular formula is C13H17NO. The molecule has 1 aliphatic rings. The highest BCUT2D eigenvalue weighted by molar-refractivity contribution is 5.81. The molecule has 0 bridgehead atoms. The van der Waals surface area contributed by atoms with E-state index in [2.05, 4.69) is 37.0 Å². The Hall–Kier alpha value is -1.18. The summed E-state index contributed by atoms with van der Waals surface area (Å²) in [4.78, 5) is 15.9. The summed E-state index contributed by atoms with van der Waals surface area (Å²) >= 11 is 0. The Kier molecular flexibility index (Phi) is 2.85. The third kappa shape index (κ3) is 2.25. The number of Topliss-reactive ketones (excluding diaryl/α,β-unsaturated/α-hetero) is 1. The first-order valence-corrected chi connectivity index (χ1v) is 5.65. The standard InChI is InChI=1S/C13H17NO/c1-9(2)12-4-3-5-13(14-12)10-6-7-11(15)8-10/h3-5,9-10H,6-8H2,1-2H3. The second kappa shape index (κ2) is 4.13. The molecule has 0 amide bonds. The number of rotatable bonds is 2. The molecule has 2 heteroatoms. The monoisotopic (exact) mass is 203 g/mol. The minimum Gasteiger partial charge on any atom is -0.300 e. The van der Waals surface area contributed by atoms with Crippen LogP contribution in [0.25, 0.3) is 0 Å². The second-order valence-electron chi connectivity index (χ2n) is 4.62. The number of hydrogen-bond acceptors (Lipinski definition) is 2. The van der Waals surface area contributed by atoms with Crippen LogP contribution in [0.15, 0.2) is 18.2 Å². The van der Waals surface area contributed by atoms with Crippen molar-refractivity contribution in [1.82, 2.24) is 4.98 Å². The fraction of sp³-hybridized carbons (Fsp3) is 0.538. The molecule has 1 saturated carbocycles. The largest absolute Gasteiger partial charge is 0.300 e. The molecule has 1 aliphatic carbocycles. The molecule has 1 aromatic heterocycles. The van der Waals surface area contributed by atoms with E-state index in [1.54, 1.807) is 0 Å². The summed E-state index contributed by atoms with van der Waals surface area (Å²) in [5.74, 6) is 1.22. The van der Waals surface area contributed by atoms with Gasteiger partial charge in [-0.25, -0.2) is 0 Å². The summed E-state index contributed by atoms with van der Waals surface area (Å²) in [6.45, 7) is 4.29. The molecule has 0 spiro atoms. The second-order valence-corrected chi connectivity index (χ2v) is 4.62. The summed E-state index contributed by atoms with van der Waals surface area (Å²) in [6.07, 6.45) is 2.40. The van der Waals surface area contributed by atoms with Gasteiger partial charge in [-0.2, -0.15) is 0 Å². The van der Waals surface area contributed by atoms with E-state index in [9.17, 15) is 4.79 Å². The van der Waals surface area contributed by atoms with Crippen molar-refractivity contribution in [1.29, 1.82) is 0 Å². The van der Waals surface area contributed by atoms with Crippen LogP contribution in [0.3, 0.4) is 0 Å². The van der Waals surface area contributed by atoms with Crippen LogP contribution in [0.1, 0.15) is 56.3 Å². The van der Waals surface area contributed by atoms with Crippen LogP contribution in [0.2, 0.25) is 0 Å². The molecule has 0 N–H and O–H groups in total. The summed E-state index contributed by atoms with van der Waals surface area (Å²) in [5, 5.41) is 0. The Morgan fingerprint density at radius 1 is 1.40 bits per heavy atom. The van der Waals surface area contributed by atoms with Gasteiger partial charge >= 0.3 is 0 Å². The Balaban J connectivity index is 2.21. The highest BCUT2D eigenvalue weighted by Crippen LogP contribution is 2.31. The summed E-state index contributed by atoms with van der Waals surface area (Å²) in [5.41, 5.74) is 2.24. The van der Waals surface area contributed by atoms with Crippen molar-refractivity contribution < 1.29 is 4.79 Å². The summed E-state index contributed by atoms with van der Waals surface area (Å²) in [7, 11) is 0. The van der Waals surface area contributed by atoms with Gasteiger partial charge in [0.1, 0.15) is 5.78 Å². The Morgan fingerprint density at radius 3 is 2.80 bits per heavy atom. The number of hydrogen-bond donors (Lipinski definition) is 0. The van der Waals surface area contributed by atoms with Crippen molar-refractivity contribution in [3.63, 3.8) is 0 Å². The fourth-order valence-corrected chi connectivity index (χ4v) is 2.08. The van der Waals surface area contributed by atoms with E-state index in [0.29, 0.717) is 24.0 Å². The molecular weight excluding hydrogens is 186 g/mol. The van der Waals surface area contributed by atoms with Gasteiger partial charge in [0.2, 0.25) is 0 Å². The lowest BCUT2D eigenvalue weighted by atomic mass is 10.0. The van der Waals surface area contributed by atoms with Gasteiger partial charge in [0.25, 0.3) is 0 Å². The van der Waals surface area contributed by atoms with E-state index in [1.807, 2.05) is 0 Å². The summed E-state index contributed by atoms with van der Waals surface area (Å²) < 4.78 is 0. The zero-order valence-electron chi connectivity index (χ0n) is 9.36. The third-order valence-electron chi connectivity index (χ3n) is 3.05. The maximum atomic E-state index is 11.2. The van der Waals surface area contributed by atoms with E-state index in [0.717, 1.165) is 24.2 Å². The van der Waals surface area contributed by atoms with Crippen LogP contribution in [0, 0.1) is 0 Å². The lowest BCUT2D eigenvalue weighted by Crippen LogP contribution is -2.01. The number of pyridine rings is 1. The molecule has 0 saturated heterocycles. The molecule has 0 aromatic carbocycles. The maximum absolute atomic E-state index is 11.2. The van der Waals surface area contributed by atoms with Crippen molar-refractivity contribution in [3.05, 3.63) is 29.6 Å². The van der Waals surface area contributed by atoms with Gasteiger partial charge in [0, 0.05) is 30.1 Å². The van der Waals surface area contributed by atoms with Gasteiger partial charge in [-0.15, -0.1) is 0 Å². The molecule has 1 fully saturated rings. The minimum absolute atomic E-state index is 0.371. The van der Waals surface area contributed by atoms with E-state index >= 15 is 0 Å². The molecule has 2 nitrogen and oxygen atoms in total. The van der Waals surface area contributed by atoms with Gasteiger partial charge in [-0.05, 0) is 24.5 Å². The van der Waals surface area contributed by atoms with E-state index in [1.165, 1.54) is 0 Å². The highest BCUT2D eigenvalue weighted by atomic mass is 16.1. The van der Waals surface area contributed by atoms with Crippen LogP contribution >= 0.6 is 0 Å². The number of carbonyl (C=O) groups is 1. The van der Waals surface area contributed by atoms with Gasteiger partial charge in [-0.3, -0.25) is 9.78 Å². The minimum atomic E-state index is 0.371. The van der Waals surface area contributed by atoms with Crippen molar-refractivity contribution in [2.24, 2.45) is 0 Å². The van der Waals surface area contributed by atoms with Crippen molar-refractivity contribution in [2.45, 2.75) is 44.9 Å². The van der Waals surface area contributed by atoms with Crippen LogP contribution in [-0.4, -0.2) is 10.8 Å². The zero-order chi connectivity index (χ0) is 10.8. The highest BCUT2D eigenvalue weighted by Gasteiger charge is 2.24. The van der Waals surface area contributed by atoms with E-state index < -0.39 is 0 Å². The number of aromatic nitrogens is 1. The SMILES string of the molecule is CC(C)c1cccc(C2CCC(=O)C2)n1. The molecule has 1 aromatic rings. The van der Waals surface area contributed by atoms with E-state index in [4.69, 9.17) is 0 Å². The van der Waals surface area contributed by atoms with E-state index in [-0.39, 0.29) is 0 Å². The zero-order valence-corrected chi connectivity index (χ0v) is 9.36. The first-order chi connectivity index (χ1) is 7.16. The van der Waals surface area contributed by atoms with Crippen molar-refractivity contribution >= 4 is 5.78 Å². The molecule has 2 rings (SSSR count). The normalized spacial score (nSPS) is 21.3. The Bertz CT molecular complexity index is 371. The molecule has 80 valence electrons. The topological polar surface area (TPSA) is 30.0 Å². The predicted molar refractivity (Wildman–Crippen MR) is 59.9 cm³/mol. The molecule has 1 atom stereocenters. The van der Waals surface area contributed by atoms with Crippen molar-refractivity contribution in [3.8, 4) is 0 Å². The summed E-state index contributed by atoms with van der Waals surface area (Å²) in [6, 6.07) is 6.17. The fourth-order valence-electron chi connectivity index (χ4n) is 2.08. The van der Waals surface area contributed by atoms with Crippen LogP contribution in [0.5, 0.6) is 0 Å². The smallest absolute Gasteiger partial charge is 0.133 e. The molecule has 1 unspecified atom stereocenters. The molecule has 15 heavy (non-hydrogen) atoms. The molecule has 0 aliphatic heterocycles. The van der Waals surface area contributed by atoms with Gasteiger partial charge < -0.3 is 0 Å². The Labute approximate surface area is 90.7 Å². The lowest BCUT2D eigenvalue weighted by molar-refractivity contribution is -0.117. The van der Waals surface area contributed by atoms with Gasteiger partial charge in [0.15, 0.2) is 0 Å². The first-order valence-electron chi connectivity index (χ1n) is 5.65. The van der Waals surface area contributed by atoms with Crippen LogP contribution in [0.4, 0.5) is 0 Å². The number of nitrogens with zero attached hydrogens (tertiary/aromatic N) is 1. The maximum Gasteiger partial charge on any atom is 0.133 e.